The molecule has 2 aromatic rings. The first-order chi connectivity index (χ1) is 9.58. The number of sulfonamides is 1. The number of pyridine rings is 1. The van der Waals surface area contributed by atoms with Crippen molar-refractivity contribution >= 4 is 10.0 Å². The van der Waals surface area contributed by atoms with E-state index in [1.54, 1.807) is 13.0 Å². The molecule has 0 saturated heterocycles. The van der Waals surface area contributed by atoms with Crippen LogP contribution in [0.2, 0.25) is 0 Å². The number of ether oxygens (including phenoxy) is 1. The number of hydrogen-bond donors (Lipinski definition) is 1. The summed E-state index contributed by atoms with van der Waals surface area (Å²) in [6.07, 6.45) is 2.56. The molecule has 0 saturated carbocycles. The molecule has 0 amide bonds. The predicted octanol–water partition coefficient (Wildman–Crippen LogP) is 1.83. The van der Waals surface area contributed by atoms with E-state index in [4.69, 9.17) is 4.74 Å². The summed E-state index contributed by atoms with van der Waals surface area (Å²) in [6, 6.07) is 12.3. The van der Waals surface area contributed by atoms with Crippen LogP contribution in [0.25, 0.3) is 0 Å². The molecule has 6 heteroatoms. The average molecular weight is 292 g/mol. The fourth-order valence-corrected chi connectivity index (χ4v) is 2.67. The van der Waals surface area contributed by atoms with Crippen molar-refractivity contribution in [1.29, 1.82) is 0 Å². The Morgan fingerprint density at radius 3 is 2.60 bits per heavy atom. The highest BCUT2D eigenvalue weighted by molar-refractivity contribution is 7.89. The summed E-state index contributed by atoms with van der Waals surface area (Å²) in [7, 11) is -3.54. The first-order valence-electron chi connectivity index (χ1n) is 6.19. The molecular weight excluding hydrogens is 276 g/mol. The number of nitrogens with zero attached hydrogens (tertiary/aromatic N) is 1. The molecule has 0 aliphatic rings. The zero-order valence-corrected chi connectivity index (χ0v) is 11.9. The number of hydrogen-bond acceptors (Lipinski definition) is 4. The highest BCUT2D eigenvalue weighted by Gasteiger charge is 2.15. The van der Waals surface area contributed by atoms with E-state index in [-0.39, 0.29) is 17.5 Å². The smallest absolute Gasteiger partial charge is 0.242 e. The van der Waals surface area contributed by atoms with Crippen LogP contribution in [-0.2, 0) is 10.0 Å². The molecule has 106 valence electrons. The van der Waals surface area contributed by atoms with Gasteiger partial charge in [0, 0.05) is 18.9 Å². The van der Waals surface area contributed by atoms with Crippen LogP contribution in [-0.4, -0.2) is 26.1 Å². The number of nitrogens with one attached hydrogen (secondary N) is 1. The Bertz CT molecular complexity index is 630. The van der Waals surface area contributed by atoms with Crippen molar-refractivity contribution in [2.75, 3.05) is 6.54 Å². The van der Waals surface area contributed by atoms with Gasteiger partial charge in [-0.3, -0.25) is 4.98 Å². The largest absolute Gasteiger partial charge is 0.489 e. The maximum atomic E-state index is 12.0. The number of aromatic nitrogens is 1. The molecule has 0 bridgehead atoms. The van der Waals surface area contributed by atoms with Gasteiger partial charge in [0.2, 0.25) is 10.0 Å². The minimum absolute atomic E-state index is 0.145. The SMILES string of the molecule is C[C@H](CNS(=O)(=O)c1cccnc1)Oc1ccccc1. The van der Waals surface area contributed by atoms with Gasteiger partial charge in [0.1, 0.15) is 16.7 Å². The first kappa shape index (κ1) is 14.5. The van der Waals surface area contributed by atoms with E-state index in [1.807, 2.05) is 30.3 Å². The van der Waals surface area contributed by atoms with E-state index in [0.29, 0.717) is 5.75 Å². The number of para-hydroxylation sites is 1. The van der Waals surface area contributed by atoms with Gasteiger partial charge in [-0.15, -0.1) is 0 Å². The summed E-state index contributed by atoms with van der Waals surface area (Å²) in [5.74, 6) is 0.709. The van der Waals surface area contributed by atoms with Crippen LogP contribution in [0.15, 0.2) is 59.8 Å². The molecule has 2 rings (SSSR count). The van der Waals surface area contributed by atoms with Gasteiger partial charge < -0.3 is 4.74 Å². The van der Waals surface area contributed by atoms with Crippen LogP contribution in [0.1, 0.15) is 6.92 Å². The van der Waals surface area contributed by atoms with E-state index >= 15 is 0 Å². The molecule has 1 aromatic carbocycles. The highest BCUT2D eigenvalue weighted by atomic mass is 32.2. The Hall–Kier alpha value is -1.92. The van der Waals surface area contributed by atoms with Crippen LogP contribution in [0.4, 0.5) is 0 Å². The van der Waals surface area contributed by atoms with E-state index in [2.05, 4.69) is 9.71 Å². The Morgan fingerprint density at radius 2 is 1.95 bits per heavy atom. The molecule has 0 aliphatic heterocycles. The lowest BCUT2D eigenvalue weighted by Gasteiger charge is -2.15. The van der Waals surface area contributed by atoms with Crippen molar-refractivity contribution in [2.45, 2.75) is 17.9 Å². The van der Waals surface area contributed by atoms with Gasteiger partial charge in [0.25, 0.3) is 0 Å². The lowest BCUT2D eigenvalue weighted by molar-refractivity contribution is 0.225. The Kier molecular flexibility index (Phi) is 4.70. The quantitative estimate of drug-likeness (QED) is 0.882. The lowest BCUT2D eigenvalue weighted by Crippen LogP contribution is -2.33. The molecular formula is C14H16N2O3S. The molecule has 0 radical (unpaired) electrons. The summed E-state index contributed by atoms with van der Waals surface area (Å²) < 4.78 is 32.1. The first-order valence-corrected chi connectivity index (χ1v) is 7.67. The van der Waals surface area contributed by atoms with Crippen molar-refractivity contribution < 1.29 is 13.2 Å². The molecule has 0 unspecified atom stereocenters. The van der Waals surface area contributed by atoms with Crippen LogP contribution in [0, 0.1) is 0 Å². The second-order valence-corrected chi connectivity index (χ2v) is 6.05. The minimum Gasteiger partial charge on any atom is -0.489 e. The third kappa shape index (κ3) is 4.04. The average Bonchev–Trinajstić information content (AvgIpc) is 2.47. The number of benzene rings is 1. The molecule has 1 atom stereocenters. The number of rotatable bonds is 6. The molecule has 1 N–H and O–H groups in total. The van der Waals surface area contributed by atoms with Gasteiger partial charge in [0.05, 0.1) is 0 Å². The van der Waals surface area contributed by atoms with Gasteiger partial charge >= 0.3 is 0 Å². The second kappa shape index (κ2) is 6.49. The van der Waals surface area contributed by atoms with Crippen LogP contribution in [0.5, 0.6) is 5.75 Å². The molecule has 5 nitrogen and oxygen atoms in total. The Morgan fingerprint density at radius 1 is 1.20 bits per heavy atom. The van der Waals surface area contributed by atoms with E-state index < -0.39 is 10.0 Å². The van der Waals surface area contributed by atoms with Crippen LogP contribution < -0.4 is 9.46 Å². The van der Waals surface area contributed by atoms with Crippen molar-refractivity contribution in [3.63, 3.8) is 0 Å². The minimum atomic E-state index is -3.54. The molecule has 20 heavy (non-hydrogen) atoms. The van der Waals surface area contributed by atoms with Crippen molar-refractivity contribution in [3.8, 4) is 5.75 Å². The predicted molar refractivity (Wildman–Crippen MR) is 76.0 cm³/mol. The lowest BCUT2D eigenvalue weighted by atomic mass is 10.3. The van der Waals surface area contributed by atoms with E-state index in [1.165, 1.54) is 18.5 Å². The molecule has 1 aromatic heterocycles. The summed E-state index contributed by atoms with van der Waals surface area (Å²) in [5, 5.41) is 0. The second-order valence-electron chi connectivity index (χ2n) is 4.28. The topological polar surface area (TPSA) is 68.3 Å². The van der Waals surface area contributed by atoms with Gasteiger partial charge in [-0.2, -0.15) is 0 Å². The molecule has 0 fully saturated rings. The van der Waals surface area contributed by atoms with E-state index in [0.717, 1.165) is 0 Å². The van der Waals surface area contributed by atoms with Crippen molar-refractivity contribution in [3.05, 3.63) is 54.9 Å². The molecule has 0 aliphatic carbocycles. The molecule has 0 spiro atoms. The standard InChI is InChI=1S/C14H16N2O3S/c1-12(19-13-6-3-2-4-7-13)10-16-20(17,18)14-8-5-9-15-11-14/h2-9,11-12,16H,10H2,1H3/t12-/m1/s1. The summed E-state index contributed by atoms with van der Waals surface area (Å²) in [5.41, 5.74) is 0. The fourth-order valence-electron chi connectivity index (χ4n) is 1.59. The summed E-state index contributed by atoms with van der Waals surface area (Å²) in [4.78, 5) is 3.94. The third-order valence-corrected chi connectivity index (χ3v) is 3.99. The van der Waals surface area contributed by atoms with Gasteiger partial charge in [0.15, 0.2) is 0 Å². The zero-order chi connectivity index (χ0) is 14.4. The Balaban J connectivity index is 1.92. The summed E-state index contributed by atoms with van der Waals surface area (Å²) in [6.45, 7) is 1.99. The van der Waals surface area contributed by atoms with Gasteiger partial charge in [-0.05, 0) is 31.2 Å². The van der Waals surface area contributed by atoms with Crippen LogP contribution in [0.3, 0.4) is 0 Å². The van der Waals surface area contributed by atoms with E-state index in [9.17, 15) is 8.42 Å². The Labute approximate surface area is 118 Å². The maximum Gasteiger partial charge on any atom is 0.242 e. The fraction of sp³-hybridized carbons (Fsp3) is 0.214. The van der Waals surface area contributed by atoms with Gasteiger partial charge in [-0.1, -0.05) is 18.2 Å². The van der Waals surface area contributed by atoms with Crippen LogP contribution >= 0.6 is 0 Å². The van der Waals surface area contributed by atoms with Crippen molar-refractivity contribution in [1.82, 2.24) is 9.71 Å². The molecule has 1 heterocycles. The monoisotopic (exact) mass is 292 g/mol. The third-order valence-electron chi connectivity index (χ3n) is 2.59. The maximum absolute atomic E-state index is 12.0. The normalized spacial score (nSPS) is 12.8. The van der Waals surface area contributed by atoms with Crippen molar-refractivity contribution in [2.24, 2.45) is 0 Å². The zero-order valence-electron chi connectivity index (χ0n) is 11.1. The summed E-state index contributed by atoms with van der Waals surface area (Å²) >= 11 is 0. The highest BCUT2D eigenvalue weighted by Crippen LogP contribution is 2.11. The van der Waals surface area contributed by atoms with Gasteiger partial charge in [-0.25, -0.2) is 13.1 Å².